The van der Waals surface area contributed by atoms with Gasteiger partial charge in [0.05, 0.1) is 11.4 Å². The van der Waals surface area contributed by atoms with E-state index in [4.69, 9.17) is 4.42 Å². The van der Waals surface area contributed by atoms with Gasteiger partial charge in [-0.3, -0.25) is 0 Å². The Balaban J connectivity index is 1.28. The van der Waals surface area contributed by atoms with Gasteiger partial charge in [-0.15, -0.1) is 11.3 Å². The zero-order valence-corrected chi connectivity index (χ0v) is 30.1. The molecule has 246 valence electrons. The van der Waals surface area contributed by atoms with Crippen LogP contribution in [0, 0.1) is 0 Å². The largest absolute Gasteiger partial charge is 0.456 e. The van der Waals surface area contributed by atoms with Crippen LogP contribution in [0.2, 0.25) is 0 Å². The second-order valence-corrected chi connectivity index (χ2v) is 16.3. The Bertz CT molecular complexity index is 2910. The lowest BCUT2D eigenvalue weighted by molar-refractivity contribution is 0.590. The topological polar surface area (TPSA) is 16.4 Å². The molecule has 52 heavy (non-hydrogen) atoms. The first-order chi connectivity index (χ1) is 25.4. The van der Waals surface area contributed by atoms with E-state index in [1.165, 1.54) is 81.8 Å². The van der Waals surface area contributed by atoms with Crippen LogP contribution in [0.4, 0.5) is 17.1 Å². The molecule has 0 aliphatic carbocycles. The number of rotatable bonds is 3. The van der Waals surface area contributed by atoms with Crippen molar-refractivity contribution in [3.8, 4) is 33.4 Å². The maximum atomic E-state index is 6.42. The van der Waals surface area contributed by atoms with Crippen molar-refractivity contribution >= 4 is 82.8 Å². The average Bonchev–Trinajstić information content (AvgIpc) is 3.85. The standard InChI is InChI=1S/C48H34BNOS/c1-48(2,3)31-24-25-39(36(28-31)29-14-5-4-6-15-29)50-40-27-30(32-19-13-22-42-44(32)34-17-8-11-21-41(34)51-42)26-37-33-16-7-10-20-38(33)49(45(37)40)47-46(50)35-18-9-12-23-43(35)52-47/h4-28H,1-3H3. The molecule has 2 aromatic heterocycles. The van der Waals surface area contributed by atoms with Gasteiger partial charge in [0.2, 0.25) is 0 Å². The Kier molecular flexibility index (Phi) is 6.22. The Morgan fingerprint density at radius 3 is 2.15 bits per heavy atom. The van der Waals surface area contributed by atoms with Gasteiger partial charge in [-0.1, -0.05) is 135 Å². The van der Waals surface area contributed by atoms with Crippen LogP contribution in [-0.2, 0) is 5.41 Å². The van der Waals surface area contributed by atoms with Crippen molar-refractivity contribution < 1.29 is 4.42 Å². The Labute approximate surface area is 307 Å². The van der Waals surface area contributed by atoms with Crippen LogP contribution in [0.15, 0.2) is 156 Å². The highest BCUT2D eigenvalue weighted by atomic mass is 32.1. The van der Waals surface area contributed by atoms with Gasteiger partial charge in [0.1, 0.15) is 11.2 Å². The Morgan fingerprint density at radius 1 is 0.558 bits per heavy atom. The van der Waals surface area contributed by atoms with Gasteiger partial charge in [0.15, 0.2) is 0 Å². The fourth-order valence-corrected chi connectivity index (χ4v) is 10.2. The highest BCUT2D eigenvalue weighted by Crippen LogP contribution is 2.50. The van der Waals surface area contributed by atoms with Crippen LogP contribution in [-0.4, -0.2) is 6.71 Å². The molecule has 0 bridgehead atoms. The molecule has 2 aliphatic heterocycles. The molecule has 0 atom stereocenters. The van der Waals surface area contributed by atoms with E-state index in [0.717, 1.165) is 21.9 Å². The summed E-state index contributed by atoms with van der Waals surface area (Å²) in [5.41, 5.74) is 17.2. The maximum Gasteiger partial charge on any atom is 0.260 e. The van der Waals surface area contributed by atoms with Crippen molar-refractivity contribution in [1.29, 1.82) is 0 Å². The third-order valence-electron chi connectivity index (χ3n) is 11.2. The second-order valence-electron chi connectivity index (χ2n) is 15.2. The van der Waals surface area contributed by atoms with E-state index in [9.17, 15) is 0 Å². The van der Waals surface area contributed by atoms with E-state index < -0.39 is 0 Å². The second kappa shape index (κ2) is 10.8. The van der Waals surface area contributed by atoms with Crippen molar-refractivity contribution in [2.24, 2.45) is 0 Å². The summed E-state index contributed by atoms with van der Waals surface area (Å²) in [5, 5.41) is 3.61. The van der Waals surface area contributed by atoms with Crippen molar-refractivity contribution in [1.82, 2.24) is 0 Å². The zero-order chi connectivity index (χ0) is 34.7. The minimum absolute atomic E-state index is 0.00412. The van der Waals surface area contributed by atoms with Crippen LogP contribution in [0.25, 0.3) is 65.4 Å². The number of hydrogen-bond donors (Lipinski definition) is 0. The monoisotopic (exact) mass is 683 g/mol. The number of hydrogen-bond acceptors (Lipinski definition) is 3. The van der Waals surface area contributed by atoms with Gasteiger partial charge in [-0.05, 0) is 86.7 Å². The van der Waals surface area contributed by atoms with Crippen molar-refractivity contribution in [2.45, 2.75) is 26.2 Å². The molecular weight excluding hydrogens is 649 g/mol. The molecule has 0 fully saturated rings. The molecule has 11 rings (SSSR count). The van der Waals surface area contributed by atoms with Crippen molar-refractivity contribution in [2.75, 3.05) is 4.90 Å². The van der Waals surface area contributed by atoms with Gasteiger partial charge in [0, 0.05) is 36.9 Å². The van der Waals surface area contributed by atoms with E-state index in [-0.39, 0.29) is 12.1 Å². The van der Waals surface area contributed by atoms with Crippen molar-refractivity contribution in [3.05, 3.63) is 157 Å². The summed E-state index contributed by atoms with van der Waals surface area (Å²) >= 11 is 1.95. The molecule has 0 radical (unpaired) electrons. The van der Waals surface area contributed by atoms with Crippen LogP contribution in [0.5, 0.6) is 0 Å². The number of nitrogens with zero attached hydrogens (tertiary/aromatic N) is 1. The van der Waals surface area contributed by atoms with Gasteiger partial charge >= 0.3 is 0 Å². The zero-order valence-electron chi connectivity index (χ0n) is 29.3. The van der Waals surface area contributed by atoms with Crippen LogP contribution in [0.1, 0.15) is 26.3 Å². The van der Waals surface area contributed by atoms with E-state index in [1.807, 2.05) is 11.3 Å². The van der Waals surface area contributed by atoms with Gasteiger partial charge in [-0.25, -0.2) is 0 Å². The Hall–Kier alpha value is -5.84. The molecule has 4 heteroatoms. The number of benzene rings is 7. The van der Waals surface area contributed by atoms with E-state index in [2.05, 4.69) is 177 Å². The van der Waals surface area contributed by atoms with Gasteiger partial charge in [-0.2, -0.15) is 0 Å². The fourth-order valence-electron chi connectivity index (χ4n) is 8.84. The summed E-state index contributed by atoms with van der Waals surface area (Å²) in [6, 6.07) is 56.0. The predicted molar refractivity (Wildman–Crippen MR) is 223 cm³/mol. The molecule has 4 heterocycles. The van der Waals surface area contributed by atoms with E-state index in [1.54, 1.807) is 0 Å². The Morgan fingerprint density at radius 2 is 1.29 bits per heavy atom. The molecule has 2 aliphatic rings. The molecule has 0 saturated heterocycles. The number of fused-ring (bicyclic) bond motifs is 10. The summed E-state index contributed by atoms with van der Waals surface area (Å²) in [6.07, 6.45) is 0. The molecule has 0 N–H and O–H groups in total. The molecule has 0 spiro atoms. The normalized spacial score (nSPS) is 13.2. The molecule has 0 amide bonds. The molecule has 2 nitrogen and oxygen atoms in total. The van der Waals surface area contributed by atoms with Crippen LogP contribution in [0.3, 0.4) is 0 Å². The third kappa shape index (κ3) is 4.19. The quantitative estimate of drug-likeness (QED) is 0.172. The lowest BCUT2D eigenvalue weighted by Gasteiger charge is -2.36. The first-order valence-corrected chi connectivity index (χ1v) is 18.9. The van der Waals surface area contributed by atoms with Gasteiger partial charge < -0.3 is 9.32 Å². The molecular formula is C48H34BNOS. The molecule has 7 aromatic carbocycles. The average molecular weight is 684 g/mol. The number of thiophene rings is 1. The molecule has 0 unspecified atom stereocenters. The summed E-state index contributed by atoms with van der Waals surface area (Å²) in [5.74, 6) is 0. The fraction of sp³-hybridized carbons (Fsp3) is 0.0833. The minimum atomic E-state index is 0.00412. The maximum absolute atomic E-state index is 6.42. The molecule has 9 aromatic rings. The summed E-state index contributed by atoms with van der Waals surface area (Å²) in [7, 11) is 0. The highest BCUT2D eigenvalue weighted by Gasteiger charge is 2.45. The first kappa shape index (κ1) is 29.9. The number of anilines is 3. The smallest absolute Gasteiger partial charge is 0.260 e. The number of furan rings is 1. The third-order valence-corrected chi connectivity index (χ3v) is 12.5. The number of para-hydroxylation sites is 1. The minimum Gasteiger partial charge on any atom is -0.456 e. The summed E-state index contributed by atoms with van der Waals surface area (Å²) < 4.78 is 9.15. The van der Waals surface area contributed by atoms with Crippen molar-refractivity contribution in [3.63, 3.8) is 0 Å². The van der Waals surface area contributed by atoms with Gasteiger partial charge in [0.25, 0.3) is 6.71 Å². The van der Waals surface area contributed by atoms with E-state index >= 15 is 0 Å². The highest BCUT2D eigenvalue weighted by molar-refractivity contribution is 7.34. The lowest BCUT2D eigenvalue weighted by Crippen LogP contribution is -2.53. The first-order valence-electron chi connectivity index (χ1n) is 18.1. The molecule has 0 saturated carbocycles. The lowest BCUT2D eigenvalue weighted by atomic mass is 9.40. The van der Waals surface area contributed by atoms with Crippen LogP contribution >= 0.6 is 11.3 Å². The predicted octanol–water partition coefficient (Wildman–Crippen LogP) is 11.7. The van der Waals surface area contributed by atoms with E-state index in [0.29, 0.717) is 0 Å². The summed E-state index contributed by atoms with van der Waals surface area (Å²) in [4.78, 5) is 2.61. The SMILES string of the molecule is CC(C)(C)c1ccc(N2c3cc(-c4cccc5oc6ccccc6c45)cc4c3B(c3ccccc3-4)c3sc4ccccc4c32)c(-c2ccccc2)c1. The van der Waals surface area contributed by atoms with Crippen LogP contribution < -0.4 is 20.6 Å². The summed E-state index contributed by atoms with van der Waals surface area (Å²) in [6.45, 7) is 7.08.